The van der Waals surface area contributed by atoms with Crippen LogP contribution >= 0.6 is 11.3 Å². The number of aromatic nitrogens is 1. The molecule has 1 fully saturated rings. The number of nitrogens with zero attached hydrogens (tertiary/aromatic N) is 2. The molecule has 0 spiro atoms. The topological polar surface area (TPSA) is 74.3 Å². The molecule has 3 aromatic rings. The number of benzene rings is 2. The maximum absolute atomic E-state index is 12.8. The predicted molar refractivity (Wildman–Crippen MR) is 144 cm³/mol. The highest BCUT2D eigenvalue weighted by Crippen LogP contribution is 2.32. The maximum atomic E-state index is 12.8. The Kier molecular flexibility index (Phi) is 7.67. The standard InChI is InChI=1S/C28H34N4O2S/c1-17-9-10-22(15-20(17)4)27-21(5)35-28(31-27)30-24(33)13-14-32(23-11-12-23)16-25(34)29-26-18(2)7-6-8-19(26)3/h6-10,15,23H,11-14,16H2,1-5H3,(H,29,34)(H,30,31,33). The third-order valence-electron chi connectivity index (χ3n) is 6.60. The van der Waals surface area contributed by atoms with Crippen LogP contribution in [0.1, 0.15) is 46.4 Å². The number of carbonyl (C=O) groups is 2. The second-order valence-electron chi connectivity index (χ2n) is 9.54. The number of anilines is 2. The summed E-state index contributed by atoms with van der Waals surface area (Å²) in [6.07, 6.45) is 2.47. The van der Waals surface area contributed by atoms with E-state index in [-0.39, 0.29) is 11.8 Å². The van der Waals surface area contributed by atoms with Crippen molar-refractivity contribution in [2.75, 3.05) is 23.7 Å². The number of aryl methyl sites for hydroxylation is 5. The third-order valence-corrected chi connectivity index (χ3v) is 7.49. The predicted octanol–water partition coefficient (Wildman–Crippen LogP) is 5.78. The van der Waals surface area contributed by atoms with Crippen molar-refractivity contribution in [2.24, 2.45) is 0 Å². The van der Waals surface area contributed by atoms with Crippen molar-refractivity contribution in [1.29, 1.82) is 0 Å². The molecule has 0 atom stereocenters. The Labute approximate surface area is 211 Å². The lowest BCUT2D eigenvalue weighted by Crippen LogP contribution is -2.37. The van der Waals surface area contributed by atoms with E-state index in [1.165, 1.54) is 22.5 Å². The van der Waals surface area contributed by atoms with Crippen LogP contribution in [-0.2, 0) is 9.59 Å². The van der Waals surface area contributed by atoms with Gasteiger partial charge in [-0.3, -0.25) is 14.5 Å². The van der Waals surface area contributed by atoms with Gasteiger partial charge in [0.2, 0.25) is 11.8 Å². The Balaban J connectivity index is 1.33. The first kappa shape index (κ1) is 25.1. The molecule has 2 N–H and O–H groups in total. The fraction of sp³-hybridized carbons (Fsp3) is 0.393. The first-order chi connectivity index (χ1) is 16.7. The molecule has 1 aliphatic rings. The Bertz CT molecular complexity index is 1230. The Morgan fingerprint density at radius 3 is 2.31 bits per heavy atom. The Hall–Kier alpha value is -3.03. The van der Waals surface area contributed by atoms with Crippen molar-refractivity contribution in [3.63, 3.8) is 0 Å². The molecule has 0 bridgehead atoms. The highest BCUT2D eigenvalue weighted by atomic mass is 32.1. The molecule has 1 aliphatic carbocycles. The van der Waals surface area contributed by atoms with Crippen LogP contribution in [0.3, 0.4) is 0 Å². The summed E-state index contributed by atoms with van der Waals surface area (Å²) in [5.41, 5.74) is 7.43. The van der Waals surface area contributed by atoms with Gasteiger partial charge in [0.05, 0.1) is 12.2 Å². The lowest BCUT2D eigenvalue weighted by Gasteiger charge is -2.21. The number of carbonyl (C=O) groups excluding carboxylic acids is 2. The van der Waals surface area contributed by atoms with Gasteiger partial charge in [-0.2, -0.15) is 0 Å². The van der Waals surface area contributed by atoms with Crippen molar-refractivity contribution < 1.29 is 9.59 Å². The van der Waals surface area contributed by atoms with Gasteiger partial charge in [0.1, 0.15) is 0 Å². The van der Waals surface area contributed by atoms with E-state index in [9.17, 15) is 9.59 Å². The van der Waals surface area contributed by atoms with Gasteiger partial charge in [0.25, 0.3) is 0 Å². The van der Waals surface area contributed by atoms with E-state index in [4.69, 9.17) is 0 Å². The van der Waals surface area contributed by atoms with Gasteiger partial charge in [-0.05, 0) is 75.8 Å². The number of hydrogen-bond donors (Lipinski definition) is 2. The van der Waals surface area contributed by atoms with Gasteiger partial charge in [0.15, 0.2) is 5.13 Å². The van der Waals surface area contributed by atoms with E-state index in [1.54, 1.807) is 0 Å². The van der Waals surface area contributed by atoms with Crippen molar-refractivity contribution in [2.45, 2.75) is 59.9 Å². The molecule has 4 rings (SSSR count). The number of thiazole rings is 1. The van der Waals surface area contributed by atoms with Crippen molar-refractivity contribution in [3.8, 4) is 11.3 Å². The summed E-state index contributed by atoms with van der Waals surface area (Å²) in [7, 11) is 0. The van der Waals surface area contributed by atoms with Crippen molar-refractivity contribution >= 4 is 34.0 Å². The molecule has 6 nitrogen and oxygen atoms in total. The fourth-order valence-corrected chi connectivity index (χ4v) is 5.09. The highest BCUT2D eigenvalue weighted by Gasteiger charge is 2.30. The first-order valence-corrected chi connectivity index (χ1v) is 13.0. The van der Waals surface area contributed by atoms with Crippen LogP contribution in [0.5, 0.6) is 0 Å². The average Bonchev–Trinajstić information content (AvgIpc) is 3.58. The van der Waals surface area contributed by atoms with Gasteiger partial charge in [-0.1, -0.05) is 30.3 Å². The minimum Gasteiger partial charge on any atom is -0.324 e. The molecule has 0 saturated heterocycles. The molecule has 1 aromatic heterocycles. The molecule has 1 heterocycles. The second kappa shape index (κ2) is 10.7. The van der Waals surface area contributed by atoms with Gasteiger partial charge in [0, 0.05) is 35.1 Å². The molecular formula is C28H34N4O2S. The zero-order valence-corrected chi connectivity index (χ0v) is 22.0. The fourth-order valence-electron chi connectivity index (χ4n) is 4.24. The minimum absolute atomic E-state index is 0.0386. The zero-order chi connectivity index (χ0) is 25.1. The number of nitrogens with one attached hydrogen (secondary N) is 2. The lowest BCUT2D eigenvalue weighted by atomic mass is 10.0. The Morgan fingerprint density at radius 1 is 0.943 bits per heavy atom. The van der Waals surface area contributed by atoms with Crippen LogP contribution in [0.2, 0.25) is 0 Å². The molecule has 7 heteroatoms. The smallest absolute Gasteiger partial charge is 0.238 e. The lowest BCUT2D eigenvalue weighted by molar-refractivity contribution is -0.119. The second-order valence-corrected chi connectivity index (χ2v) is 10.7. The zero-order valence-electron chi connectivity index (χ0n) is 21.2. The normalized spacial score (nSPS) is 13.2. The van der Waals surface area contributed by atoms with Crippen LogP contribution in [0.15, 0.2) is 36.4 Å². The van der Waals surface area contributed by atoms with Crippen LogP contribution < -0.4 is 10.6 Å². The monoisotopic (exact) mass is 490 g/mol. The first-order valence-electron chi connectivity index (χ1n) is 12.2. The van der Waals surface area contributed by atoms with Gasteiger partial charge in [-0.25, -0.2) is 4.98 Å². The summed E-state index contributed by atoms with van der Waals surface area (Å²) in [6.45, 7) is 11.1. The van der Waals surface area contributed by atoms with E-state index in [0.29, 0.717) is 30.7 Å². The minimum atomic E-state index is -0.0776. The maximum Gasteiger partial charge on any atom is 0.238 e. The highest BCUT2D eigenvalue weighted by molar-refractivity contribution is 7.16. The molecule has 35 heavy (non-hydrogen) atoms. The van der Waals surface area contributed by atoms with E-state index in [1.807, 2.05) is 39.0 Å². The summed E-state index contributed by atoms with van der Waals surface area (Å²) >= 11 is 1.49. The largest absolute Gasteiger partial charge is 0.324 e. The average molecular weight is 491 g/mol. The molecule has 2 amide bonds. The van der Waals surface area contributed by atoms with E-state index < -0.39 is 0 Å². The molecule has 0 aliphatic heterocycles. The molecule has 1 saturated carbocycles. The number of para-hydroxylation sites is 1. The van der Waals surface area contributed by atoms with Gasteiger partial charge >= 0.3 is 0 Å². The molecule has 0 unspecified atom stereocenters. The molecule has 0 radical (unpaired) electrons. The summed E-state index contributed by atoms with van der Waals surface area (Å²) in [5.74, 6) is -0.116. The van der Waals surface area contributed by atoms with E-state index in [0.717, 1.165) is 45.8 Å². The number of hydrogen-bond acceptors (Lipinski definition) is 5. The third kappa shape index (κ3) is 6.35. The van der Waals surface area contributed by atoms with Crippen LogP contribution in [0, 0.1) is 34.6 Å². The van der Waals surface area contributed by atoms with Crippen LogP contribution in [0.25, 0.3) is 11.3 Å². The van der Waals surface area contributed by atoms with Crippen molar-refractivity contribution in [3.05, 3.63) is 63.5 Å². The van der Waals surface area contributed by atoms with Crippen LogP contribution in [0.4, 0.5) is 10.8 Å². The Morgan fingerprint density at radius 2 is 1.66 bits per heavy atom. The summed E-state index contributed by atoms with van der Waals surface area (Å²) in [4.78, 5) is 33.3. The van der Waals surface area contributed by atoms with E-state index >= 15 is 0 Å². The van der Waals surface area contributed by atoms with Crippen molar-refractivity contribution in [1.82, 2.24) is 9.88 Å². The molecule has 2 aromatic carbocycles. The van der Waals surface area contributed by atoms with Gasteiger partial charge in [-0.15, -0.1) is 11.3 Å². The van der Waals surface area contributed by atoms with Crippen LogP contribution in [-0.4, -0.2) is 40.8 Å². The summed E-state index contributed by atoms with van der Waals surface area (Å²) in [6, 6.07) is 12.7. The quantitative estimate of drug-likeness (QED) is 0.398. The number of amides is 2. The van der Waals surface area contributed by atoms with E-state index in [2.05, 4.69) is 52.6 Å². The van der Waals surface area contributed by atoms with Gasteiger partial charge < -0.3 is 10.6 Å². The SMILES string of the molecule is Cc1ccc(-c2nc(NC(=O)CCN(CC(=O)Nc3c(C)cccc3C)C3CC3)sc2C)cc1C. The number of rotatable bonds is 9. The molecule has 184 valence electrons. The summed E-state index contributed by atoms with van der Waals surface area (Å²) in [5, 5.41) is 6.64. The molecular weight excluding hydrogens is 456 g/mol. The summed E-state index contributed by atoms with van der Waals surface area (Å²) < 4.78 is 0.